The van der Waals surface area contributed by atoms with Crippen LogP contribution in [0, 0.1) is 0 Å². The fourth-order valence-corrected chi connectivity index (χ4v) is 10.0. The van der Waals surface area contributed by atoms with Gasteiger partial charge in [-0.1, -0.05) is 50.7 Å². The van der Waals surface area contributed by atoms with Crippen molar-refractivity contribution in [3.8, 4) is 0 Å². The molecule has 2 saturated heterocycles. The Morgan fingerprint density at radius 2 is 1.06 bits per heavy atom. The highest BCUT2D eigenvalue weighted by molar-refractivity contribution is 5.86. The Kier molecular flexibility index (Phi) is 31.0. The SMILES string of the molecule is CN(C)c1nc(Nc2ccc(C[C@@H]3CN(CC(=O)O)CCN(CC(=O)O)CCN(CC(=O)O)CCN3CC(=O)O)cc2)nc(N2CCN(CCCCCCCCCCC(=O)NCCCC[C@H](NC(=O)N[C@@H](CCC(=O)O)C(=O)O)C(=O)O)CC2)n1. The van der Waals surface area contributed by atoms with E-state index in [-0.39, 0.29) is 90.7 Å². The van der Waals surface area contributed by atoms with Gasteiger partial charge in [-0.3, -0.25) is 53.3 Å². The molecule has 0 unspecified atom stereocenters. The first-order valence-corrected chi connectivity index (χ1v) is 29.1. The summed E-state index contributed by atoms with van der Waals surface area (Å²) in [5, 5.41) is 77.0. The van der Waals surface area contributed by atoms with Gasteiger partial charge in [0.1, 0.15) is 12.1 Å². The maximum Gasteiger partial charge on any atom is 0.326 e. The molecule has 2 aliphatic heterocycles. The molecular weight excluding hydrogens is 1110 g/mol. The number of carboxylic acid groups (broad SMARTS) is 7. The van der Waals surface area contributed by atoms with Crippen LogP contribution in [0.3, 0.4) is 0 Å². The molecular formula is C55H88N14O16. The van der Waals surface area contributed by atoms with Gasteiger partial charge in [-0.15, -0.1) is 0 Å². The van der Waals surface area contributed by atoms with Gasteiger partial charge in [0.15, 0.2) is 0 Å². The van der Waals surface area contributed by atoms with Crippen LogP contribution in [0.2, 0.25) is 0 Å². The molecule has 0 aliphatic carbocycles. The summed E-state index contributed by atoms with van der Waals surface area (Å²) in [6, 6.07) is 3.17. The van der Waals surface area contributed by atoms with Crippen molar-refractivity contribution in [2.24, 2.45) is 0 Å². The largest absolute Gasteiger partial charge is 0.481 e. The Hall–Kier alpha value is -7.54. The quantitative estimate of drug-likeness (QED) is 0.0423. The van der Waals surface area contributed by atoms with E-state index in [1.165, 1.54) is 0 Å². The number of hydrogen-bond acceptors (Lipinski definition) is 20. The number of rotatable bonds is 37. The summed E-state index contributed by atoms with van der Waals surface area (Å²) < 4.78 is 0. The molecule has 0 bridgehead atoms. The Balaban J connectivity index is 1.18. The molecule has 2 aromatic rings. The summed E-state index contributed by atoms with van der Waals surface area (Å²) >= 11 is 0. The molecule has 0 radical (unpaired) electrons. The summed E-state index contributed by atoms with van der Waals surface area (Å²) in [6.07, 6.45) is 9.04. The maximum absolute atomic E-state index is 12.4. The predicted octanol–water partition coefficient (Wildman–Crippen LogP) is 1.14. The van der Waals surface area contributed by atoms with Gasteiger partial charge in [-0.05, 0) is 69.2 Å². The summed E-state index contributed by atoms with van der Waals surface area (Å²) in [7, 11) is 3.71. The lowest BCUT2D eigenvalue weighted by Gasteiger charge is -2.37. The molecule has 474 valence electrons. The molecule has 11 N–H and O–H groups in total. The van der Waals surface area contributed by atoms with E-state index in [9.17, 15) is 73.8 Å². The van der Waals surface area contributed by atoms with Crippen LogP contribution in [0.1, 0.15) is 95.5 Å². The molecule has 30 heteroatoms. The summed E-state index contributed by atoms with van der Waals surface area (Å²) in [6.45, 7) is 4.49. The van der Waals surface area contributed by atoms with Crippen molar-refractivity contribution in [3.63, 3.8) is 0 Å². The van der Waals surface area contributed by atoms with Gasteiger partial charge in [0.2, 0.25) is 23.8 Å². The normalized spacial score (nSPS) is 16.9. The molecule has 3 amide bonds. The number of anilines is 4. The minimum Gasteiger partial charge on any atom is -0.481 e. The van der Waals surface area contributed by atoms with Gasteiger partial charge in [0.05, 0.1) is 26.2 Å². The number of unbranched alkanes of at least 4 members (excludes halogenated alkanes) is 8. The van der Waals surface area contributed by atoms with Crippen molar-refractivity contribution < 1.29 is 78.9 Å². The lowest BCUT2D eigenvalue weighted by Crippen LogP contribution is -2.53. The van der Waals surface area contributed by atoms with E-state index in [0.29, 0.717) is 55.8 Å². The lowest BCUT2D eigenvalue weighted by molar-refractivity contribution is -0.142. The number of piperazine rings is 1. The minimum absolute atomic E-state index is 0.0491. The number of aromatic nitrogens is 3. The zero-order chi connectivity index (χ0) is 62.3. The topological polar surface area (TPSA) is 405 Å². The van der Waals surface area contributed by atoms with Gasteiger partial charge < -0.3 is 66.8 Å². The number of hydrogen-bond donors (Lipinski definition) is 11. The number of urea groups is 1. The lowest BCUT2D eigenvalue weighted by atomic mass is 10.0. The van der Waals surface area contributed by atoms with Crippen molar-refractivity contribution >= 4 is 77.3 Å². The standard InChI is InChI=1S/C55H88N14O16/c1-63(2)53-60-52(57-40-17-15-39(16-18-40)33-41-34-67(37-48(77)78)26-25-65(35-46(73)74)23-24-66(36-47(75)76)29-32-69(41)38-49(79)80)61-54(62-53)68-30-27-64(28-31-68)22-12-8-6-4-3-5-7-9-14-44(70)56-21-11-10-13-42(50(81)82)58-55(85)59-43(51(83)84)19-20-45(71)72/h15-18,41-43H,3-14,19-38H2,1-2H3,(H,56,70)(H,71,72)(H,73,74)(H,75,76)(H,77,78)(H,79,80)(H,81,82)(H,83,84)(H2,58,59,85)(H,57,60,61,62)/t41-,42+,43+/m1/s1. The average Bonchev–Trinajstić information content (AvgIpc) is 3.64. The summed E-state index contributed by atoms with van der Waals surface area (Å²) in [5.74, 6) is -7.01. The third-order valence-corrected chi connectivity index (χ3v) is 14.6. The number of benzene rings is 1. The Morgan fingerprint density at radius 3 is 1.61 bits per heavy atom. The van der Waals surface area contributed by atoms with Crippen molar-refractivity contribution in [2.75, 3.05) is 140 Å². The number of aliphatic carboxylic acids is 7. The number of carboxylic acids is 7. The fourth-order valence-electron chi connectivity index (χ4n) is 10.0. The molecule has 0 spiro atoms. The summed E-state index contributed by atoms with van der Waals surface area (Å²) in [5.41, 5.74) is 1.52. The van der Waals surface area contributed by atoms with E-state index in [4.69, 9.17) is 15.1 Å². The monoisotopic (exact) mass is 1200 g/mol. The van der Waals surface area contributed by atoms with E-state index in [1.54, 1.807) is 19.6 Å². The Morgan fingerprint density at radius 1 is 0.541 bits per heavy atom. The van der Waals surface area contributed by atoms with Crippen molar-refractivity contribution in [2.45, 2.75) is 114 Å². The third-order valence-electron chi connectivity index (χ3n) is 14.6. The second-order valence-electron chi connectivity index (χ2n) is 21.8. The minimum atomic E-state index is -1.49. The number of amides is 3. The van der Waals surface area contributed by atoms with E-state index in [1.807, 2.05) is 43.3 Å². The van der Waals surface area contributed by atoms with Crippen LogP contribution in [-0.2, 0) is 44.8 Å². The van der Waals surface area contributed by atoms with Crippen LogP contribution < -0.4 is 31.1 Å². The number of carbonyl (C=O) groups is 9. The predicted molar refractivity (Wildman–Crippen MR) is 311 cm³/mol. The molecule has 2 fully saturated rings. The van der Waals surface area contributed by atoms with Crippen molar-refractivity contribution in [1.29, 1.82) is 0 Å². The van der Waals surface area contributed by atoms with Gasteiger partial charge in [0.25, 0.3) is 0 Å². The highest BCUT2D eigenvalue weighted by atomic mass is 16.4. The molecule has 1 aromatic heterocycles. The van der Waals surface area contributed by atoms with E-state index in [2.05, 4.69) is 36.1 Å². The van der Waals surface area contributed by atoms with Crippen LogP contribution in [0.15, 0.2) is 24.3 Å². The molecule has 3 heterocycles. The second-order valence-corrected chi connectivity index (χ2v) is 21.8. The van der Waals surface area contributed by atoms with Gasteiger partial charge in [0, 0.05) is 117 Å². The van der Waals surface area contributed by atoms with Gasteiger partial charge >= 0.3 is 47.8 Å². The molecule has 85 heavy (non-hydrogen) atoms. The fraction of sp³-hybridized carbons (Fsp3) is 0.673. The first-order valence-electron chi connectivity index (χ1n) is 29.1. The first kappa shape index (κ1) is 69.9. The maximum atomic E-state index is 12.4. The zero-order valence-corrected chi connectivity index (χ0v) is 48.9. The van der Waals surface area contributed by atoms with Crippen LogP contribution in [0.5, 0.6) is 0 Å². The Labute approximate surface area is 494 Å². The van der Waals surface area contributed by atoms with Gasteiger partial charge in [-0.2, -0.15) is 15.0 Å². The molecule has 4 rings (SSSR count). The van der Waals surface area contributed by atoms with E-state index in [0.717, 1.165) is 89.7 Å². The highest BCUT2D eigenvalue weighted by Gasteiger charge is 2.29. The Bertz CT molecular complexity index is 2470. The number of nitrogens with one attached hydrogen (secondary N) is 4. The first-order chi connectivity index (χ1) is 40.5. The van der Waals surface area contributed by atoms with Crippen LogP contribution >= 0.6 is 0 Å². The van der Waals surface area contributed by atoms with Crippen LogP contribution in [0.25, 0.3) is 0 Å². The summed E-state index contributed by atoms with van der Waals surface area (Å²) in [4.78, 5) is 133. The zero-order valence-electron chi connectivity index (χ0n) is 48.9. The molecule has 30 nitrogen and oxygen atoms in total. The van der Waals surface area contributed by atoms with Crippen molar-refractivity contribution in [1.82, 2.24) is 55.4 Å². The number of carbonyl (C=O) groups excluding carboxylic acids is 2. The highest BCUT2D eigenvalue weighted by Crippen LogP contribution is 2.22. The van der Waals surface area contributed by atoms with Crippen molar-refractivity contribution in [3.05, 3.63) is 29.8 Å². The van der Waals surface area contributed by atoms with E-state index < -0.39 is 72.4 Å². The smallest absolute Gasteiger partial charge is 0.326 e. The van der Waals surface area contributed by atoms with Gasteiger partial charge in [-0.25, -0.2) is 14.4 Å². The number of nitrogens with zero attached hydrogens (tertiary/aromatic N) is 10. The molecule has 2 aliphatic rings. The molecule has 3 atom stereocenters. The van der Waals surface area contributed by atoms with E-state index >= 15 is 0 Å². The van der Waals surface area contributed by atoms with Crippen LogP contribution in [-0.4, -0.2) is 272 Å². The molecule has 0 saturated carbocycles. The third kappa shape index (κ3) is 28.7. The van der Waals surface area contributed by atoms with Crippen LogP contribution in [0.4, 0.5) is 28.3 Å². The average molecular weight is 1200 g/mol. The second kappa shape index (κ2) is 37.7. The molecule has 1 aromatic carbocycles.